The summed E-state index contributed by atoms with van der Waals surface area (Å²) in [7, 11) is 0. The minimum Gasteiger partial charge on any atom is -0.262 e. The second-order valence-electron chi connectivity index (χ2n) is 7.70. The Bertz CT molecular complexity index is 1200. The molecule has 4 aromatic rings. The van der Waals surface area contributed by atoms with Crippen molar-refractivity contribution in [1.29, 1.82) is 5.26 Å². The zero-order valence-electron chi connectivity index (χ0n) is 16.5. The Balaban J connectivity index is 1.62. The van der Waals surface area contributed by atoms with Gasteiger partial charge in [-0.25, -0.2) is 4.68 Å². The predicted molar refractivity (Wildman–Crippen MR) is 114 cm³/mol. The zero-order valence-corrected chi connectivity index (χ0v) is 16.5. The van der Waals surface area contributed by atoms with E-state index >= 15 is 0 Å². The summed E-state index contributed by atoms with van der Waals surface area (Å²) in [5.41, 5.74) is 6.16. The summed E-state index contributed by atoms with van der Waals surface area (Å²) in [4.78, 5) is 0. The maximum atomic E-state index is 9.05. The molecule has 29 heavy (non-hydrogen) atoms. The first-order chi connectivity index (χ1) is 14.3. The smallest absolute Gasteiger partial charge is 0.0991 e. The third kappa shape index (κ3) is 3.01. The molecule has 5 rings (SSSR count). The van der Waals surface area contributed by atoms with Gasteiger partial charge >= 0.3 is 0 Å². The Labute approximate surface area is 170 Å². The molecule has 0 N–H and O–H groups in total. The van der Waals surface area contributed by atoms with Crippen LogP contribution in [0.3, 0.4) is 0 Å². The van der Waals surface area contributed by atoms with E-state index in [1.165, 1.54) is 42.3 Å². The SMILES string of the molecule is CCc1nn(C2CCCC2)c2cc(-c3ccnn3-c3ccc(C#N)cc3)ccc12. The number of nitrogens with zero attached hydrogens (tertiary/aromatic N) is 5. The van der Waals surface area contributed by atoms with E-state index in [9.17, 15) is 0 Å². The highest BCUT2D eigenvalue weighted by Crippen LogP contribution is 2.35. The maximum Gasteiger partial charge on any atom is 0.0991 e. The fraction of sp³-hybridized carbons (Fsp3) is 0.292. The molecule has 144 valence electrons. The first-order valence-electron chi connectivity index (χ1n) is 10.3. The highest BCUT2D eigenvalue weighted by atomic mass is 15.3. The van der Waals surface area contributed by atoms with E-state index in [-0.39, 0.29) is 0 Å². The maximum absolute atomic E-state index is 9.05. The van der Waals surface area contributed by atoms with Gasteiger partial charge in [-0.2, -0.15) is 15.5 Å². The number of hydrogen-bond acceptors (Lipinski definition) is 3. The van der Waals surface area contributed by atoms with Crippen LogP contribution in [0, 0.1) is 11.3 Å². The normalized spacial score (nSPS) is 14.5. The molecular formula is C24H23N5. The van der Waals surface area contributed by atoms with Crippen LogP contribution in [0.4, 0.5) is 0 Å². The molecule has 2 heterocycles. The highest BCUT2D eigenvalue weighted by Gasteiger charge is 2.22. The van der Waals surface area contributed by atoms with Crippen LogP contribution >= 0.6 is 0 Å². The van der Waals surface area contributed by atoms with E-state index < -0.39 is 0 Å². The molecule has 1 saturated carbocycles. The van der Waals surface area contributed by atoms with Crippen molar-refractivity contribution in [1.82, 2.24) is 19.6 Å². The van der Waals surface area contributed by atoms with E-state index in [4.69, 9.17) is 10.4 Å². The average molecular weight is 381 g/mol. The Morgan fingerprint density at radius 1 is 1.07 bits per heavy atom. The van der Waals surface area contributed by atoms with Crippen LogP contribution < -0.4 is 0 Å². The summed E-state index contributed by atoms with van der Waals surface area (Å²) in [6.07, 6.45) is 7.78. The minimum absolute atomic E-state index is 0.511. The number of aryl methyl sites for hydroxylation is 1. The van der Waals surface area contributed by atoms with E-state index in [0.29, 0.717) is 11.6 Å². The Morgan fingerprint density at radius 2 is 1.86 bits per heavy atom. The lowest BCUT2D eigenvalue weighted by Gasteiger charge is -2.12. The summed E-state index contributed by atoms with van der Waals surface area (Å²) in [5, 5.41) is 19.8. The molecule has 0 bridgehead atoms. The van der Waals surface area contributed by atoms with Gasteiger partial charge in [-0.3, -0.25) is 4.68 Å². The fourth-order valence-electron chi connectivity index (χ4n) is 4.46. The number of fused-ring (bicyclic) bond motifs is 1. The van der Waals surface area contributed by atoms with Crippen molar-refractivity contribution in [3.63, 3.8) is 0 Å². The van der Waals surface area contributed by atoms with Crippen LogP contribution in [-0.4, -0.2) is 19.6 Å². The van der Waals surface area contributed by atoms with Gasteiger partial charge in [0.15, 0.2) is 0 Å². The molecule has 0 spiro atoms. The standard InChI is InChI=1S/C24H23N5/c1-2-22-21-12-9-18(15-24(21)29(27-22)19-5-3-4-6-19)23-13-14-26-28(23)20-10-7-17(16-25)8-11-20/h7-15,19H,2-6H2,1H3. The number of nitriles is 1. The molecule has 1 fully saturated rings. The second-order valence-corrected chi connectivity index (χ2v) is 7.70. The molecule has 5 nitrogen and oxygen atoms in total. The summed E-state index contributed by atoms with van der Waals surface area (Å²) >= 11 is 0. The van der Waals surface area contributed by atoms with Gasteiger partial charge in [0, 0.05) is 10.9 Å². The molecule has 2 aromatic carbocycles. The molecule has 0 saturated heterocycles. The van der Waals surface area contributed by atoms with Gasteiger partial charge in [0.1, 0.15) is 0 Å². The van der Waals surface area contributed by atoms with Crippen molar-refractivity contribution in [3.8, 4) is 23.0 Å². The van der Waals surface area contributed by atoms with E-state index in [1.54, 1.807) is 0 Å². The second kappa shape index (κ2) is 7.21. The van der Waals surface area contributed by atoms with Gasteiger partial charge in [-0.15, -0.1) is 0 Å². The van der Waals surface area contributed by atoms with Gasteiger partial charge in [0.2, 0.25) is 0 Å². The van der Waals surface area contributed by atoms with Gasteiger partial charge in [0.05, 0.1) is 46.5 Å². The Hall–Kier alpha value is -3.39. The average Bonchev–Trinajstić information content (AvgIpc) is 3.52. The van der Waals surface area contributed by atoms with Crippen LogP contribution in [-0.2, 0) is 6.42 Å². The highest BCUT2D eigenvalue weighted by molar-refractivity contribution is 5.86. The lowest BCUT2D eigenvalue weighted by molar-refractivity contribution is 0.478. The lowest BCUT2D eigenvalue weighted by atomic mass is 10.1. The van der Waals surface area contributed by atoms with E-state index in [1.807, 2.05) is 41.2 Å². The van der Waals surface area contributed by atoms with Crippen molar-refractivity contribution in [2.75, 3.05) is 0 Å². The van der Waals surface area contributed by atoms with E-state index in [0.717, 1.165) is 23.4 Å². The topological polar surface area (TPSA) is 59.4 Å². The molecule has 0 radical (unpaired) electrons. The van der Waals surface area contributed by atoms with Crippen molar-refractivity contribution >= 4 is 10.9 Å². The largest absolute Gasteiger partial charge is 0.262 e. The van der Waals surface area contributed by atoms with Gasteiger partial charge < -0.3 is 0 Å². The van der Waals surface area contributed by atoms with Crippen molar-refractivity contribution in [2.24, 2.45) is 0 Å². The Kier molecular flexibility index (Phi) is 4.40. The quantitative estimate of drug-likeness (QED) is 0.473. The van der Waals surface area contributed by atoms with Crippen LogP contribution in [0.1, 0.15) is 49.9 Å². The van der Waals surface area contributed by atoms with Gasteiger partial charge in [-0.05, 0) is 55.7 Å². The Morgan fingerprint density at radius 3 is 2.59 bits per heavy atom. The van der Waals surface area contributed by atoms with E-state index in [2.05, 4.69) is 41.0 Å². The molecule has 0 unspecified atom stereocenters. The molecule has 0 amide bonds. The molecule has 2 aromatic heterocycles. The molecule has 0 atom stereocenters. The molecular weight excluding hydrogens is 358 g/mol. The molecule has 1 aliphatic rings. The third-order valence-corrected chi connectivity index (χ3v) is 5.97. The number of hydrogen-bond donors (Lipinski definition) is 0. The number of rotatable bonds is 4. The van der Waals surface area contributed by atoms with Crippen molar-refractivity contribution < 1.29 is 0 Å². The fourth-order valence-corrected chi connectivity index (χ4v) is 4.46. The third-order valence-electron chi connectivity index (χ3n) is 5.97. The lowest BCUT2D eigenvalue weighted by Crippen LogP contribution is -2.06. The summed E-state index contributed by atoms with van der Waals surface area (Å²) in [6.45, 7) is 2.18. The monoisotopic (exact) mass is 381 g/mol. The molecule has 0 aliphatic heterocycles. The first-order valence-corrected chi connectivity index (χ1v) is 10.3. The summed E-state index contributed by atoms with van der Waals surface area (Å²) in [6, 6.07) is 18.9. The number of benzene rings is 2. The zero-order chi connectivity index (χ0) is 19.8. The first kappa shape index (κ1) is 17.7. The van der Waals surface area contributed by atoms with Gasteiger partial charge in [0.25, 0.3) is 0 Å². The summed E-state index contributed by atoms with van der Waals surface area (Å²) in [5.74, 6) is 0. The van der Waals surface area contributed by atoms with Crippen LogP contribution in [0.15, 0.2) is 54.7 Å². The molecule has 1 aliphatic carbocycles. The predicted octanol–water partition coefficient (Wildman–Crippen LogP) is 5.44. The number of aromatic nitrogens is 4. The van der Waals surface area contributed by atoms with Crippen LogP contribution in [0.2, 0.25) is 0 Å². The molecule has 5 heteroatoms. The van der Waals surface area contributed by atoms with Crippen molar-refractivity contribution in [3.05, 3.63) is 66.0 Å². The minimum atomic E-state index is 0.511. The van der Waals surface area contributed by atoms with Crippen LogP contribution in [0.5, 0.6) is 0 Å². The summed E-state index contributed by atoms with van der Waals surface area (Å²) < 4.78 is 4.20. The van der Waals surface area contributed by atoms with Crippen LogP contribution in [0.25, 0.3) is 27.8 Å². The van der Waals surface area contributed by atoms with Crippen molar-refractivity contribution in [2.45, 2.75) is 45.1 Å². The van der Waals surface area contributed by atoms with Gasteiger partial charge in [-0.1, -0.05) is 31.9 Å².